The number of hydrogen-bond donors (Lipinski definition) is 1. The van der Waals surface area contributed by atoms with E-state index in [0.717, 1.165) is 0 Å². The summed E-state index contributed by atoms with van der Waals surface area (Å²) in [6.07, 6.45) is -3.98. The molecule has 0 aliphatic heterocycles. The van der Waals surface area contributed by atoms with E-state index in [1.807, 2.05) is 0 Å². The molecule has 0 saturated carbocycles. The van der Waals surface area contributed by atoms with E-state index in [0.29, 0.717) is 17.5 Å². The first-order valence-corrected chi connectivity index (χ1v) is 4.74. The Hall–Kier alpha value is -0.685. The summed E-state index contributed by atoms with van der Waals surface area (Å²) in [6.45, 7) is 0. The van der Waals surface area contributed by atoms with Crippen molar-refractivity contribution in [3.63, 3.8) is 0 Å². The Labute approximate surface area is 87.3 Å². The minimum atomic E-state index is -4.44. The lowest BCUT2D eigenvalue weighted by Gasteiger charge is -2.08. The molecule has 1 heterocycles. The maximum atomic E-state index is 12.3. The van der Waals surface area contributed by atoms with Gasteiger partial charge in [0.2, 0.25) is 0 Å². The molecule has 0 aliphatic carbocycles. The van der Waals surface area contributed by atoms with Crippen LogP contribution in [0.4, 0.5) is 18.9 Å². The van der Waals surface area contributed by atoms with Gasteiger partial charge in [-0.1, -0.05) is 11.6 Å². The third kappa shape index (κ3) is 2.42. The lowest BCUT2D eigenvalue weighted by atomic mass is 9.98. The van der Waals surface area contributed by atoms with Crippen LogP contribution >= 0.6 is 22.9 Å². The van der Waals surface area contributed by atoms with Crippen molar-refractivity contribution in [2.75, 3.05) is 5.23 Å². The van der Waals surface area contributed by atoms with Crippen LogP contribution in [0.3, 0.4) is 0 Å². The Morgan fingerprint density at radius 2 is 2.21 bits per heavy atom. The first-order valence-electron chi connectivity index (χ1n) is 3.48. The fourth-order valence-electron chi connectivity index (χ4n) is 0.854. The van der Waals surface area contributed by atoms with Crippen LogP contribution < -0.4 is 5.23 Å². The number of halogens is 4. The molecule has 1 rings (SSSR count). The van der Waals surface area contributed by atoms with Crippen LogP contribution in [0, 0.1) is 0 Å². The molecule has 0 atom stereocenters. The molecule has 76 valence electrons. The maximum absolute atomic E-state index is 12.3. The maximum Gasteiger partial charge on any atom is 0.427 e. The number of rotatable bonds is 3. The van der Waals surface area contributed by atoms with Crippen molar-refractivity contribution in [3.05, 3.63) is 15.3 Å². The van der Waals surface area contributed by atoms with Crippen molar-refractivity contribution in [2.45, 2.75) is 6.18 Å². The summed E-state index contributed by atoms with van der Waals surface area (Å²) in [6, 6.07) is 0. The summed E-state index contributed by atoms with van der Waals surface area (Å²) in [7, 11) is -0.195. The van der Waals surface area contributed by atoms with E-state index in [2.05, 4.69) is 5.23 Å². The van der Waals surface area contributed by atoms with Crippen LogP contribution in [0.1, 0.15) is 4.88 Å². The molecule has 1 aromatic rings. The van der Waals surface area contributed by atoms with Gasteiger partial charge in [0.1, 0.15) is 11.1 Å². The predicted molar refractivity (Wildman–Crippen MR) is 51.9 cm³/mol. The standard InChI is InChI=1S/C6H4BClF3NOS/c8-3-1-14-5(6(9,10)11)4(3)12-7-2-13/h1-2,7,12H. The molecule has 1 N–H and O–H groups in total. The highest BCUT2D eigenvalue weighted by Gasteiger charge is 2.36. The summed E-state index contributed by atoms with van der Waals surface area (Å²) < 4.78 is 36.9. The van der Waals surface area contributed by atoms with Crippen LogP contribution in [0.5, 0.6) is 0 Å². The van der Waals surface area contributed by atoms with E-state index >= 15 is 0 Å². The molecule has 0 radical (unpaired) electrons. The zero-order chi connectivity index (χ0) is 10.8. The fraction of sp³-hybridized carbons (Fsp3) is 0.167. The Balaban J connectivity index is 3.00. The summed E-state index contributed by atoms with van der Waals surface area (Å²) in [5.41, 5.74) is -0.226. The Morgan fingerprint density at radius 3 is 2.71 bits per heavy atom. The number of carbonyl (C=O) groups is 1. The van der Waals surface area contributed by atoms with Crippen molar-refractivity contribution in [1.82, 2.24) is 0 Å². The molecule has 0 saturated heterocycles. The zero-order valence-corrected chi connectivity index (χ0v) is 8.26. The normalized spacial score (nSPS) is 11.1. The van der Waals surface area contributed by atoms with Gasteiger partial charge in [0.25, 0.3) is 0 Å². The minimum Gasteiger partial charge on any atom is -0.422 e. The van der Waals surface area contributed by atoms with Crippen LogP contribution in [-0.2, 0) is 11.0 Å². The summed E-state index contributed by atoms with van der Waals surface area (Å²) in [4.78, 5) is 9.17. The second-order valence-electron chi connectivity index (χ2n) is 2.33. The summed E-state index contributed by atoms with van der Waals surface area (Å²) in [5.74, 6) is 0. The topological polar surface area (TPSA) is 29.1 Å². The van der Waals surface area contributed by atoms with Gasteiger partial charge >= 0.3 is 13.6 Å². The first-order chi connectivity index (χ1) is 6.46. The molecule has 0 bridgehead atoms. The monoisotopic (exact) mass is 241 g/mol. The van der Waals surface area contributed by atoms with Gasteiger partial charge in [-0.3, -0.25) is 0 Å². The number of hydrogen-bond acceptors (Lipinski definition) is 3. The summed E-state index contributed by atoms with van der Waals surface area (Å²) >= 11 is 6.02. The van der Waals surface area contributed by atoms with Crippen LogP contribution in [-0.4, -0.2) is 13.6 Å². The molecular formula is C6H4BClF3NOS. The molecule has 0 aliphatic rings. The Morgan fingerprint density at radius 1 is 1.57 bits per heavy atom. The third-order valence-electron chi connectivity index (χ3n) is 1.37. The second kappa shape index (κ2) is 4.23. The highest BCUT2D eigenvalue weighted by Crippen LogP contribution is 2.43. The molecule has 14 heavy (non-hydrogen) atoms. The van der Waals surface area contributed by atoms with E-state index in [9.17, 15) is 18.0 Å². The second-order valence-corrected chi connectivity index (χ2v) is 3.62. The number of nitrogens with one attached hydrogen (secondary N) is 1. The molecular weight excluding hydrogens is 237 g/mol. The van der Waals surface area contributed by atoms with Gasteiger partial charge in [-0.25, -0.2) is 0 Å². The minimum absolute atomic E-state index is 0.0239. The van der Waals surface area contributed by atoms with Gasteiger partial charge < -0.3 is 10.0 Å². The number of alkyl halides is 3. The Kier molecular flexibility index (Phi) is 3.44. The zero-order valence-electron chi connectivity index (χ0n) is 6.69. The van der Waals surface area contributed by atoms with Crippen molar-refractivity contribution in [1.29, 1.82) is 0 Å². The van der Waals surface area contributed by atoms with Crippen molar-refractivity contribution < 1.29 is 18.0 Å². The van der Waals surface area contributed by atoms with Crippen LogP contribution in [0.25, 0.3) is 0 Å². The first kappa shape index (κ1) is 11.4. The van der Waals surface area contributed by atoms with Gasteiger partial charge in [-0.05, 0) is 0 Å². The van der Waals surface area contributed by atoms with Gasteiger partial charge in [-0.15, -0.1) is 11.3 Å². The molecule has 1 aromatic heterocycles. The molecule has 0 fully saturated rings. The number of thiophene rings is 1. The third-order valence-corrected chi connectivity index (χ3v) is 2.82. The van der Waals surface area contributed by atoms with Crippen LogP contribution in [0.15, 0.2) is 5.38 Å². The van der Waals surface area contributed by atoms with E-state index < -0.39 is 11.1 Å². The average molecular weight is 241 g/mol. The van der Waals surface area contributed by atoms with Gasteiger partial charge in [0, 0.05) is 5.38 Å². The van der Waals surface area contributed by atoms with E-state index in [4.69, 9.17) is 11.6 Å². The summed E-state index contributed by atoms with van der Waals surface area (Å²) in [5, 5.41) is 3.46. The van der Waals surface area contributed by atoms with E-state index in [1.165, 1.54) is 5.38 Å². The lowest BCUT2D eigenvalue weighted by molar-refractivity contribution is -0.133. The fourth-order valence-corrected chi connectivity index (χ4v) is 1.98. The predicted octanol–water partition coefficient (Wildman–Crippen LogP) is 2.37. The van der Waals surface area contributed by atoms with Crippen molar-refractivity contribution in [3.8, 4) is 0 Å². The van der Waals surface area contributed by atoms with Crippen molar-refractivity contribution in [2.24, 2.45) is 0 Å². The highest BCUT2D eigenvalue weighted by molar-refractivity contribution is 7.11. The largest absolute Gasteiger partial charge is 0.427 e. The Bertz CT molecular complexity index is 340. The average Bonchev–Trinajstić information content (AvgIpc) is 2.42. The SMILES string of the molecule is O=CBNc1c(Cl)csc1C(F)(F)F. The molecule has 8 heteroatoms. The van der Waals surface area contributed by atoms with Crippen molar-refractivity contribution >= 4 is 42.2 Å². The van der Waals surface area contributed by atoms with Crippen LogP contribution in [0.2, 0.25) is 5.02 Å². The number of carbonyl (C=O) groups excluding carboxylic acids is 1. The van der Waals surface area contributed by atoms with E-state index in [-0.39, 0.29) is 18.1 Å². The van der Waals surface area contributed by atoms with E-state index in [1.54, 1.807) is 0 Å². The molecule has 2 nitrogen and oxygen atoms in total. The van der Waals surface area contributed by atoms with Gasteiger partial charge in [-0.2, -0.15) is 13.2 Å². The smallest absolute Gasteiger partial charge is 0.422 e. The number of anilines is 1. The highest BCUT2D eigenvalue weighted by atomic mass is 35.5. The van der Waals surface area contributed by atoms with Gasteiger partial charge in [0.15, 0.2) is 0 Å². The molecule has 0 aromatic carbocycles. The lowest BCUT2D eigenvalue weighted by Crippen LogP contribution is -2.12. The molecule has 0 unspecified atom stereocenters. The quantitative estimate of drug-likeness (QED) is 0.650. The van der Waals surface area contributed by atoms with Gasteiger partial charge in [0.05, 0.1) is 10.7 Å². The molecule has 0 spiro atoms. The molecule has 0 amide bonds.